The number of rotatable bonds is 2. The maximum atomic E-state index is 14.4. The second kappa shape index (κ2) is 5.79. The van der Waals surface area contributed by atoms with Crippen LogP contribution in [0.4, 0.5) is 8.78 Å². The fraction of sp³-hybridized carbons (Fsp3) is 0.429. The van der Waals surface area contributed by atoms with Gasteiger partial charge in [0.15, 0.2) is 0 Å². The van der Waals surface area contributed by atoms with Crippen LogP contribution in [0.15, 0.2) is 17.9 Å². The zero-order chi connectivity index (χ0) is 16.0. The molecule has 0 spiro atoms. The fourth-order valence-electron chi connectivity index (χ4n) is 1.84. The largest absolute Gasteiger partial charge is 0.525 e. The summed E-state index contributed by atoms with van der Waals surface area (Å²) in [6, 6.07) is 2.78. The highest BCUT2D eigenvalue weighted by Gasteiger charge is 2.53. The van der Waals surface area contributed by atoms with E-state index in [0.717, 1.165) is 6.08 Å². The molecule has 7 heteroatoms. The SMILES string of the molecule is CC1(C)OB(C(F)=Cc2c(I)ccc(F)c2Cl)OC1(C)C. The Morgan fingerprint density at radius 3 is 2.29 bits per heavy atom. The van der Waals surface area contributed by atoms with E-state index in [1.54, 1.807) is 0 Å². The number of hydrogen-bond donors (Lipinski definition) is 0. The van der Waals surface area contributed by atoms with Crippen molar-refractivity contribution in [1.29, 1.82) is 0 Å². The molecule has 1 aromatic rings. The molecule has 0 aliphatic carbocycles. The first kappa shape index (κ1) is 17.2. The van der Waals surface area contributed by atoms with Crippen molar-refractivity contribution in [2.24, 2.45) is 0 Å². The zero-order valence-corrected chi connectivity index (χ0v) is 15.1. The van der Waals surface area contributed by atoms with Crippen molar-refractivity contribution in [2.45, 2.75) is 38.9 Å². The molecule has 0 aromatic heterocycles. The molecule has 21 heavy (non-hydrogen) atoms. The first-order valence-corrected chi connectivity index (χ1v) is 7.87. The van der Waals surface area contributed by atoms with Crippen molar-refractivity contribution in [3.8, 4) is 0 Å². The average Bonchev–Trinajstić information content (AvgIpc) is 2.59. The number of benzene rings is 1. The second-order valence-corrected chi connectivity index (χ2v) is 7.41. The van der Waals surface area contributed by atoms with Crippen LogP contribution in [0.5, 0.6) is 0 Å². The van der Waals surface area contributed by atoms with Gasteiger partial charge in [-0.25, -0.2) is 8.78 Å². The van der Waals surface area contributed by atoms with Crippen molar-refractivity contribution < 1.29 is 18.1 Å². The smallest absolute Gasteiger partial charge is 0.398 e. The van der Waals surface area contributed by atoms with Crippen molar-refractivity contribution in [1.82, 2.24) is 0 Å². The third kappa shape index (κ3) is 3.28. The molecule has 1 aliphatic heterocycles. The maximum absolute atomic E-state index is 14.4. The third-order valence-electron chi connectivity index (χ3n) is 3.84. The van der Waals surface area contributed by atoms with Gasteiger partial charge < -0.3 is 9.31 Å². The summed E-state index contributed by atoms with van der Waals surface area (Å²) in [6.07, 6.45) is 1.16. The molecule has 2 nitrogen and oxygen atoms in total. The van der Waals surface area contributed by atoms with Gasteiger partial charge in [0.05, 0.1) is 16.2 Å². The summed E-state index contributed by atoms with van der Waals surface area (Å²) < 4.78 is 39.7. The molecule has 1 fully saturated rings. The first-order valence-electron chi connectivity index (χ1n) is 6.41. The van der Waals surface area contributed by atoms with E-state index in [1.807, 2.05) is 50.3 Å². The monoisotopic (exact) mass is 426 g/mol. The average molecular weight is 426 g/mol. The van der Waals surface area contributed by atoms with Crippen LogP contribution >= 0.6 is 34.2 Å². The number of hydrogen-bond acceptors (Lipinski definition) is 2. The predicted octanol–water partition coefficient (Wildman–Crippen LogP) is 5.03. The van der Waals surface area contributed by atoms with Crippen LogP contribution < -0.4 is 0 Å². The Morgan fingerprint density at radius 1 is 1.24 bits per heavy atom. The van der Waals surface area contributed by atoms with Gasteiger partial charge >= 0.3 is 7.12 Å². The van der Waals surface area contributed by atoms with Crippen LogP contribution in [0.1, 0.15) is 33.3 Å². The summed E-state index contributed by atoms with van der Waals surface area (Å²) in [5.74, 6) is -0.593. The molecular weight excluding hydrogens is 411 g/mol. The van der Waals surface area contributed by atoms with Gasteiger partial charge in [0.1, 0.15) is 11.5 Å². The van der Waals surface area contributed by atoms with Crippen LogP contribution in [0, 0.1) is 9.39 Å². The second-order valence-electron chi connectivity index (χ2n) is 5.87. The van der Waals surface area contributed by atoms with Gasteiger partial charge in [0.25, 0.3) is 0 Å². The molecule has 114 valence electrons. The fourth-order valence-corrected chi connectivity index (χ4v) is 2.82. The number of halogens is 4. The summed E-state index contributed by atoms with van der Waals surface area (Å²) in [6.45, 7) is 7.33. The van der Waals surface area contributed by atoms with E-state index in [2.05, 4.69) is 0 Å². The van der Waals surface area contributed by atoms with Crippen LogP contribution in [0.25, 0.3) is 6.08 Å². The Labute approximate surface area is 142 Å². The molecule has 0 N–H and O–H groups in total. The molecule has 0 unspecified atom stereocenters. The van der Waals surface area contributed by atoms with E-state index < -0.39 is 29.9 Å². The van der Waals surface area contributed by atoms with Gasteiger partial charge in [-0.05, 0) is 68.5 Å². The normalized spacial score (nSPS) is 21.0. The lowest BCUT2D eigenvalue weighted by molar-refractivity contribution is 0.00578. The highest BCUT2D eigenvalue weighted by molar-refractivity contribution is 14.1. The minimum absolute atomic E-state index is 0.117. The van der Waals surface area contributed by atoms with E-state index in [9.17, 15) is 8.78 Å². The first-order chi connectivity index (χ1) is 9.55. The van der Waals surface area contributed by atoms with E-state index in [-0.39, 0.29) is 10.6 Å². The molecule has 0 radical (unpaired) electrons. The molecule has 1 heterocycles. The molecule has 0 bridgehead atoms. The Hall–Kier alpha value is -0.175. The summed E-state index contributed by atoms with van der Waals surface area (Å²) in [4.78, 5) is 0. The van der Waals surface area contributed by atoms with Crippen LogP contribution in [0.2, 0.25) is 5.02 Å². The molecule has 1 saturated heterocycles. The molecule has 1 aromatic carbocycles. The van der Waals surface area contributed by atoms with Crippen molar-refractivity contribution in [3.63, 3.8) is 0 Å². The predicted molar refractivity (Wildman–Crippen MR) is 89.3 cm³/mol. The summed E-state index contributed by atoms with van der Waals surface area (Å²) >= 11 is 7.86. The lowest BCUT2D eigenvalue weighted by Crippen LogP contribution is -2.41. The van der Waals surface area contributed by atoms with E-state index in [0.29, 0.717) is 3.57 Å². The standard InChI is InChI=1S/C14H15BClF2IO2/c1-13(2)14(3,4)21-15(20-13)11(18)7-8-10(19)6-5-9(17)12(8)16/h5-7H,1-4H3. The Balaban J connectivity index is 2.34. The Morgan fingerprint density at radius 2 is 1.76 bits per heavy atom. The lowest BCUT2D eigenvalue weighted by atomic mass is 9.87. The van der Waals surface area contributed by atoms with Gasteiger partial charge in [-0.1, -0.05) is 11.6 Å². The zero-order valence-electron chi connectivity index (χ0n) is 12.1. The summed E-state index contributed by atoms with van der Waals surface area (Å²) in [5.41, 5.74) is -1.63. The summed E-state index contributed by atoms with van der Waals surface area (Å²) in [7, 11) is -1.12. The summed E-state index contributed by atoms with van der Waals surface area (Å²) in [5, 5.41) is -0.117. The Kier molecular flexibility index (Phi) is 4.74. The topological polar surface area (TPSA) is 18.5 Å². The van der Waals surface area contributed by atoms with Crippen molar-refractivity contribution in [3.05, 3.63) is 37.8 Å². The van der Waals surface area contributed by atoms with Gasteiger partial charge in [-0.15, -0.1) is 0 Å². The molecule has 2 rings (SSSR count). The van der Waals surface area contributed by atoms with Gasteiger partial charge in [0.2, 0.25) is 0 Å². The highest BCUT2D eigenvalue weighted by atomic mass is 127. The van der Waals surface area contributed by atoms with Gasteiger partial charge in [-0.3, -0.25) is 0 Å². The van der Waals surface area contributed by atoms with Gasteiger partial charge in [-0.2, -0.15) is 0 Å². The Bertz CT molecular complexity index is 589. The molecule has 0 atom stereocenters. The van der Waals surface area contributed by atoms with Crippen LogP contribution in [-0.4, -0.2) is 18.3 Å². The quantitative estimate of drug-likeness (QED) is 0.375. The van der Waals surface area contributed by atoms with Crippen molar-refractivity contribution in [2.75, 3.05) is 0 Å². The maximum Gasteiger partial charge on any atom is 0.525 e. The molecule has 0 saturated carbocycles. The lowest BCUT2D eigenvalue weighted by Gasteiger charge is -2.32. The van der Waals surface area contributed by atoms with Gasteiger partial charge in [0, 0.05) is 9.13 Å². The highest BCUT2D eigenvalue weighted by Crippen LogP contribution is 2.39. The molecule has 0 amide bonds. The van der Waals surface area contributed by atoms with Crippen molar-refractivity contribution >= 4 is 47.4 Å². The molecule has 1 aliphatic rings. The minimum Gasteiger partial charge on any atom is -0.398 e. The molecular formula is C14H15BClF2IO2. The van der Waals surface area contributed by atoms with Crippen LogP contribution in [-0.2, 0) is 9.31 Å². The van der Waals surface area contributed by atoms with E-state index >= 15 is 0 Å². The van der Waals surface area contributed by atoms with Crippen LogP contribution in [0.3, 0.4) is 0 Å². The minimum atomic E-state index is -1.12. The van der Waals surface area contributed by atoms with E-state index in [1.165, 1.54) is 12.1 Å². The van der Waals surface area contributed by atoms with E-state index in [4.69, 9.17) is 20.9 Å². The third-order valence-corrected chi connectivity index (χ3v) is 5.16.